The topological polar surface area (TPSA) is 79.3 Å². The molecule has 0 aromatic heterocycles. The van der Waals surface area contributed by atoms with Crippen LogP contribution in [0.15, 0.2) is 12.3 Å². The van der Waals surface area contributed by atoms with E-state index in [1.54, 1.807) is 6.26 Å². The van der Waals surface area contributed by atoms with Crippen molar-refractivity contribution in [1.29, 1.82) is 0 Å². The molecule has 0 heterocycles. The molecular weight excluding hydrogens is 793 g/mol. The number of aliphatic hydroxyl groups excluding tert-OH is 1. The van der Waals surface area contributed by atoms with Gasteiger partial charge in [-0.1, -0.05) is 208 Å². The van der Waals surface area contributed by atoms with E-state index in [4.69, 9.17) is 9.47 Å². The second-order valence-corrected chi connectivity index (χ2v) is 20.0. The van der Waals surface area contributed by atoms with Gasteiger partial charge in [0.05, 0.1) is 24.7 Å². The zero-order valence-electron chi connectivity index (χ0n) is 44.1. The van der Waals surface area contributed by atoms with Crippen LogP contribution in [-0.4, -0.2) is 72.9 Å². The zero-order valence-corrected chi connectivity index (χ0v) is 44.1. The Morgan fingerprint density at radius 1 is 0.453 bits per heavy atom. The first-order valence-electron chi connectivity index (χ1n) is 28.4. The number of unbranched alkanes of at least 4 members (excludes halogenated alkanes) is 24. The second kappa shape index (κ2) is 48.0. The van der Waals surface area contributed by atoms with E-state index in [9.17, 15) is 14.7 Å². The van der Waals surface area contributed by atoms with E-state index in [0.29, 0.717) is 12.6 Å². The molecule has 0 spiro atoms. The van der Waals surface area contributed by atoms with Crippen LogP contribution in [0, 0.1) is 11.8 Å². The summed E-state index contributed by atoms with van der Waals surface area (Å²) in [6.07, 6.45) is 48.5. The standard InChI is InChI=1S/C57H112N2O5/c1-8-13-18-21-30-37-47-55(60)59(49-40-48-58(6)7)54(45-35-28-24-22-26-31-38-50-63-56(61)52(41-16-11-4)43-33-19-14-9-2)46-36-29-25-23-27-32-39-51-64-57(62)53(42-17-12-5)44-34-20-15-10-3/h38,50,52-55,60H,8-37,39-49,51H2,1-7H3/b50-38+. The van der Waals surface area contributed by atoms with Gasteiger partial charge in [0.1, 0.15) is 6.23 Å². The molecule has 4 unspecified atom stereocenters. The molecule has 1 N–H and O–H groups in total. The molecule has 0 saturated carbocycles. The Hall–Kier alpha value is -1.44. The number of carbonyl (C=O) groups is 2. The van der Waals surface area contributed by atoms with Gasteiger partial charge in [0.2, 0.25) is 0 Å². The number of hydrogen-bond donors (Lipinski definition) is 1. The van der Waals surface area contributed by atoms with Crippen LogP contribution in [0.25, 0.3) is 0 Å². The van der Waals surface area contributed by atoms with Crippen LogP contribution in [0.4, 0.5) is 0 Å². The highest BCUT2D eigenvalue weighted by Crippen LogP contribution is 2.24. The van der Waals surface area contributed by atoms with Crippen LogP contribution in [-0.2, 0) is 19.1 Å². The lowest BCUT2D eigenvalue weighted by Gasteiger charge is -2.36. The van der Waals surface area contributed by atoms with E-state index in [0.717, 1.165) is 122 Å². The highest BCUT2D eigenvalue weighted by molar-refractivity contribution is 5.73. The summed E-state index contributed by atoms with van der Waals surface area (Å²) in [7, 11) is 4.31. The van der Waals surface area contributed by atoms with Gasteiger partial charge in [-0.3, -0.25) is 14.5 Å². The first-order valence-corrected chi connectivity index (χ1v) is 28.4. The molecule has 0 aromatic rings. The molecule has 4 atom stereocenters. The van der Waals surface area contributed by atoms with Crippen LogP contribution in [0.5, 0.6) is 0 Å². The van der Waals surface area contributed by atoms with Gasteiger partial charge in [-0.25, -0.2) is 0 Å². The highest BCUT2D eigenvalue weighted by atomic mass is 16.5. The summed E-state index contributed by atoms with van der Waals surface area (Å²) in [5.74, 6) is 0.158. The molecule has 0 amide bonds. The average Bonchev–Trinajstić information content (AvgIpc) is 3.28. The largest absolute Gasteiger partial charge is 0.465 e. The van der Waals surface area contributed by atoms with Crippen molar-refractivity contribution in [1.82, 2.24) is 9.80 Å². The number of aliphatic hydroxyl groups is 1. The maximum atomic E-state index is 12.8. The third-order valence-electron chi connectivity index (χ3n) is 13.6. The number of rotatable bonds is 50. The summed E-state index contributed by atoms with van der Waals surface area (Å²) in [6.45, 7) is 13.7. The van der Waals surface area contributed by atoms with Gasteiger partial charge in [-0.15, -0.1) is 0 Å². The van der Waals surface area contributed by atoms with E-state index < -0.39 is 0 Å². The van der Waals surface area contributed by atoms with Gasteiger partial charge in [0.15, 0.2) is 0 Å². The van der Waals surface area contributed by atoms with Gasteiger partial charge in [0, 0.05) is 12.6 Å². The molecule has 0 aliphatic heterocycles. The lowest BCUT2D eigenvalue weighted by atomic mass is 9.95. The minimum Gasteiger partial charge on any atom is -0.465 e. The van der Waals surface area contributed by atoms with Crippen molar-refractivity contribution in [2.24, 2.45) is 11.8 Å². The molecule has 7 heteroatoms. The number of allylic oxidation sites excluding steroid dienone is 1. The van der Waals surface area contributed by atoms with E-state index in [2.05, 4.69) is 64.6 Å². The summed E-state index contributed by atoms with van der Waals surface area (Å²) in [6, 6.07) is 0.435. The third-order valence-corrected chi connectivity index (χ3v) is 13.6. The summed E-state index contributed by atoms with van der Waals surface area (Å²) >= 11 is 0. The van der Waals surface area contributed by atoms with Crippen molar-refractivity contribution in [2.75, 3.05) is 33.8 Å². The number of hydrogen-bond acceptors (Lipinski definition) is 7. The molecule has 0 bridgehead atoms. The van der Waals surface area contributed by atoms with E-state index in [1.807, 2.05) is 0 Å². The summed E-state index contributed by atoms with van der Waals surface area (Å²) in [5, 5.41) is 11.7. The number of carbonyl (C=O) groups excluding carboxylic acids is 2. The van der Waals surface area contributed by atoms with Crippen molar-refractivity contribution in [2.45, 2.75) is 297 Å². The fourth-order valence-electron chi connectivity index (χ4n) is 9.30. The smallest absolute Gasteiger partial charge is 0.313 e. The summed E-state index contributed by atoms with van der Waals surface area (Å²) in [5.41, 5.74) is 0. The maximum Gasteiger partial charge on any atom is 0.313 e. The zero-order chi connectivity index (χ0) is 47.1. The van der Waals surface area contributed by atoms with E-state index >= 15 is 0 Å². The Labute approximate surface area is 399 Å². The van der Waals surface area contributed by atoms with Crippen LogP contribution in [0.1, 0.15) is 285 Å². The fourth-order valence-corrected chi connectivity index (χ4v) is 9.30. The van der Waals surface area contributed by atoms with Gasteiger partial charge in [-0.2, -0.15) is 0 Å². The summed E-state index contributed by atoms with van der Waals surface area (Å²) in [4.78, 5) is 30.4. The van der Waals surface area contributed by atoms with Crippen molar-refractivity contribution < 1.29 is 24.2 Å². The Balaban J connectivity index is 4.98. The van der Waals surface area contributed by atoms with Crippen molar-refractivity contribution in [3.05, 3.63) is 12.3 Å². The molecule has 0 radical (unpaired) electrons. The second-order valence-electron chi connectivity index (χ2n) is 20.0. The number of ether oxygens (including phenoxy) is 2. The lowest BCUT2D eigenvalue weighted by molar-refractivity contribution is -0.149. The molecule has 0 aromatic carbocycles. The quantitative estimate of drug-likeness (QED) is 0.0282. The molecule has 0 saturated heterocycles. The molecule has 0 aliphatic rings. The van der Waals surface area contributed by atoms with Crippen LogP contribution in [0.2, 0.25) is 0 Å². The number of esters is 2. The average molecular weight is 906 g/mol. The normalized spacial score (nSPS) is 13.8. The molecule has 0 fully saturated rings. The van der Waals surface area contributed by atoms with Crippen LogP contribution >= 0.6 is 0 Å². The van der Waals surface area contributed by atoms with Crippen molar-refractivity contribution in [3.63, 3.8) is 0 Å². The Morgan fingerprint density at radius 2 is 0.859 bits per heavy atom. The predicted octanol–water partition coefficient (Wildman–Crippen LogP) is 16.7. The predicted molar refractivity (Wildman–Crippen MR) is 277 cm³/mol. The van der Waals surface area contributed by atoms with Crippen LogP contribution in [0.3, 0.4) is 0 Å². The molecule has 0 aliphatic carbocycles. The van der Waals surface area contributed by atoms with Crippen LogP contribution < -0.4 is 0 Å². The first kappa shape index (κ1) is 62.6. The SMILES string of the molecule is CCCCCCCCC(O)N(CCCN(C)C)C(CCCCCCC/C=C/OC(=O)C(CCCC)CCCCCC)CCCCCCCCCOC(=O)C(CCCC)CCCCCC. The first-order chi connectivity index (χ1) is 31.2. The fraction of sp³-hybridized carbons (Fsp3) is 0.930. The summed E-state index contributed by atoms with van der Waals surface area (Å²) < 4.78 is 11.4. The van der Waals surface area contributed by atoms with Gasteiger partial charge in [-0.05, 0) is 104 Å². The minimum absolute atomic E-state index is 0.0333. The van der Waals surface area contributed by atoms with Gasteiger partial charge >= 0.3 is 11.9 Å². The Kier molecular flexibility index (Phi) is 47.0. The third kappa shape index (κ3) is 38.6. The molecular formula is C57H112N2O5. The Morgan fingerprint density at radius 3 is 1.38 bits per heavy atom. The highest BCUT2D eigenvalue weighted by Gasteiger charge is 2.24. The number of nitrogens with zero attached hydrogens (tertiary/aromatic N) is 2. The van der Waals surface area contributed by atoms with Gasteiger partial charge in [0.25, 0.3) is 0 Å². The molecule has 0 rings (SSSR count). The minimum atomic E-state index is -0.348. The lowest BCUT2D eigenvalue weighted by Crippen LogP contribution is -2.44. The van der Waals surface area contributed by atoms with E-state index in [-0.39, 0.29) is 30.0 Å². The molecule has 64 heavy (non-hydrogen) atoms. The molecule has 380 valence electrons. The molecule has 7 nitrogen and oxygen atoms in total. The maximum absolute atomic E-state index is 12.8. The monoisotopic (exact) mass is 905 g/mol. The Bertz CT molecular complexity index is 1020. The van der Waals surface area contributed by atoms with Crippen molar-refractivity contribution in [3.8, 4) is 0 Å². The van der Waals surface area contributed by atoms with Gasteiger partial charge < -0.3 is 19.5 Å². The van der Waals surface area contributed by atoms with E-state index in [1.165, 1.54) is 141 Å². The van der Waals surface area contributed by atoms with Crippen molar-refractivity contribution >= 4 is 11.9 Å².